The molecule has 1 atom stereocenters. The van der Waals surface area contributed by atoms with Gasteiger partial charge in [0.05, 0.1) is 12.1 Å². The first kappa shape index (κ1) is 14.3. The van der Waals surface area contributed by atoms with Crippen LogP contribution in [0.1, 0.15) is 18.4 Å². The third-order valence-electron chi connectivity index (χ3n) is 4.63. The van der Waals surface area contributed by atoms with Crippen LogP contribution in [0.2, 0.25) is 0 Å². The van der Waals surface area contributed by atoms with E-state index in [1.165, 1.54) is 12.8 Å². The molecular weight excluding hydrogens is 291 g/mol. The first-order valence-electron chi connectivity index (χ1n) is 8.05. The zero-order chi connectivity index (χ0) is 15.6. The Hall–Kier alpha value is -2.27. The standard InChI is InChI=1S/C18H19FN4/c19-17-7-6-14(18-16(17)5-1-8-20-18)12-22-10-2-4-15(22)13-23-11-3-9-21-23/h1,3,5-9,11,15H,2,4,10,12-13H2/t15-/m0/s1. The molecule has 0 aliphatic carbocycles. The van der Waals surface area contributed by atoms with E-state index in [0.29, 0.717) is 11.4 Å². The Morgan fingerprint density at radius 2 is 2.13 bits per heavy atom. The Morgan fingerprint density at radius 3 is 3.00 bits per heavy atom. The van der Waals surface area contributed by atoms with Crippen molar-refractivity contribution in [1.29, 1.82) is 0 Å². The molecule has 0 bridgehead atoms. The molecule has 0 amide bonds. The minimum absolute atomic E-state index is 0.202. The van der Waals surface area contributed by atoms with E-state index >= 15 is 0 Å². The minimum Gasteiger partial charge on any atom is -0.294 e. The van der Waals surface area contributed by atoms with Crippen LogP contribution in [0.4, 0.5) is 4.39 Å². The van der Waals surface area contributed by atoms with Crippen molar-refractivity contribution in [2.75, 3.05) is 6.54 Å². The molecule has 2 aromatic heterocycles. The van der Waals surface area contributed by atoms with Gasteiger partial charge in [-0.3, -0.25) is 14.6 Å². The van der Waals surface area contributed by atoms with Gasteiger partial charge in [-0.25, -0.2) is 4.39 Å². The first-order chi connectivity index (χ1) is 11.3. The zero-order valence-corrected chi connectivity index (χ0v) is 12.9. The van der Waals surface area contributed by atoms with Gasteiger partial charge >= 0.3 is 0 Å². The van der Waals surface area contributed by atoms with E-state index < -0.39 is 0 Å². The van der Waals surface area contributed by atoms with Gasteiger partial charge in [0.1, 0.15) is 5.82 Å². The monoisotopic (exact) mass is 310 g/mol. The maximum absolute atomic E-state index is 13.9. The van der Waals surface area contributed by atoms with E-state index in [-0.39, 0.29) is 5.82 Å². The van der Waals surface area contributed by atoms with Crippen LogP contribution < -0.4 is 0 Å². The molecule has 1 aliphatic heterocycles. The highest BCUT2D eigenvalue weighted by Crippen LogP contribution is 2.25. The molecule has 118 valence electrons. The topological polar surface area (TPSA) is 34.0 Å². The predicted molar refractivity (Wildman–Crippen MR) is 87.4 cm³/mol. The summed E-state index contributed by atoms with van der Waals surface area (Å²) in [4.78, 5) is 6.86. The Kier molecular flexibility index (Phi) is 3.79. The first-order valence-corrected chi connectivity index (χ1v) is 8.05. The van der Waals surface area contributed by atoms with Crippen LogP contribution in [0.5, 0.6) is 0 Å². The van der Waals surface area contributed by atoms with Crippen molar-refractivity contribution < 1.29 is 4.39 Å². The highest BCUT2D eigenvalue weighted by molar-refractivity contribution is 5.82. The summed E-state index contributed by atoms with van der Waals surface area (Å²) in [7, 11) is 0. The molecule has 1 fully saturated rings. The molecular formula is C18H19FN4. The summed E-state index contributed by atoms with van der Waals surface area (Å²) in [6.45, 7) is 2.77. The Balaban J connectivity index is 1.59. The molecule has 4 nitrogen and oxygen atoms in total. The van der Waals surface area contributed by atoms with Gasteiger partial charge in [-0.1, -0.05) is 6.07 Å². The molecule has 1 saturated heterocycles. The Bertz CT molecular complexity index is 800. The number of likely N-dealkylation sites (tertiary alicyclic amines) is 1. The number of pyridine rings is 1. The lowest BCUT2D eigenvalue weighted by atomic mass is 10.1. The third-order valence-corrected chi connectivity index (χ3v) is 4.63. The fourth-order valence-electron chi connectivity index (χ4n) is 3.48. The molecule has 0 spiro atoms. The van der Waals surface area contributed by atoms with Gasteiger partial charge in [0.15, 0.2) is 0 Å². The van der Waals surface area contributed by atoms with Gasteiger partial charge in [-0.2, -0.15) is 5.10 Å². The lowest BCUT2D eigenvalue weighted by Gasteiger charge is -2.25. The van der Waals surface area contributed by atoms with Gasteiger partial charge in [0.25, 0.3) is 0 Å². The van der Waals surface area contributed by atoms with Gasteiger partial charge in [-0.15, -0.1) is 0 Å². The number of halogens is 1. The van der Waals surface area contributed by atoms with E-state index in [1.807, 2.05) is 29.2 Å². The van der Waals surface area contributed by atoms with Gasteiger partial charge < -0.3 is 0 Å². The fourth-order valence-corrected chi connectivity index (χ4v) is 3.48. The quantitative estimate of drug-likeness (QED) is 0.742. The molecule has 0 radical (unpaired) electrons. The lowest BCUT2D eigenvalue weighted by Crippen LogP contribution is -2.32. The third kappa shape index (κ3) is 2.84. The van der Waals surface area contributed by atoms with Crippen molar-refractivity contribution in [3.8, 4) is 0 Å². The van der Waals surface area contributed by atoms with Gasteiger partial charge in [0.2, 0.25) is 0 Å². The largest absolute Gasteiger partial charge is 0.294 e. The van der Waals surface area contributed by atoms with Crippen molar-refractivity contribution in [2.24, 2.45) is 0 Å². The van der Waals surface area contributed by atoms with E-state index in [2.05, 4.69) is 15.0 Å². The SMILES string of the molecule is Fc1ccc(CN2CCC[C@H]2Cn2cccn2)c2ncccc12. The van der Waals surface area contributed by atoms with Crippen LogP contribution in [0.3, 0.4) is 0 Å². The second-order valence-electron chi connectivity index (χ2n) is 6.10. The number of nitrogens with zero attached hydrogens (tertiary/aromatic N) is 4. The van der Waals surface area contributed by atoms with Crippen LogP contribution in [0.25, 0.3) is 10.9 Å². The predicted octanol–water partition coefficient (Wildman–Crippen LogP) is 3.24. The fraction of sp³-hybridized carbons (Fsp3) is 0.333. The second-order valence-corrected chi connectivity index (χ2v) is 6.10. The van der Waals surface area contributed by atoms with E-state index in [9.17, 15) is 4.39 Å². The molecule has 0 unspecified atom stereocenters. The second kappa shape index (κ2) is 6.08. The maximum atomic E-state index is 13.9. The Morgan fingerprint density at radius 1 is 1.17 bits per heavy atom. The van der Waals surface area contributed by atoms with Gasteiger partial charge in [0, 0.05) is 36.6 Å². The normalized spacial score (nSPS) is 18.7. The molecule has 4 rings (SSSR count). The molecule has 0 N–H and O–H groups in total. The van der Waals surface area contributed by atoms with Gasteiger partial charge in [-0.05, 0) is 49.2 Å². The Labute approximate surface area is 134 Å². The summed E-state index contributed by atoms with van der Waals surface area (Å²) < 4.78 is 15.9. The molecule has 5 heteroatoms. The highest BCUT2D eigenvalue weighted by atomic mass is 19.1. The number of benzene rings is 1. The zero-order valence-electron chi connectivity index (χ0n) is 12.9. The van der Waals surface area contributed by atoms with Crippen LogP contribution in [-0.4, -0.2) is 32.3 Å². The molecule has 0 saturated carbocycles. The highest BCUT2D eigenvalue weighted by Gasteiger charge is 2.25. The van der Waals surface area contributed by atoms with E-state index in [0.717, 1.165) is 30.7 Å². The summed E-state index contributed by atoms with van der Waals surface area (Å²) in [5, 5.41) is 4.92. The van der Waals surface area contributed by atoms with E-state index in [1.54, 1.807) is 24.4 Å². The van der Waals surface area contributed by atoms with Crippen molar-refractivity contribution in [1.82, 2.24) is 19.7 Å². The summed E-state index contributed by atoms with van der Waals surface area (Å²) in [5.74, 6) is -0.202. The number of fused-ring (bicyclic) bond motifs is 1. The van der Waals surface area contributed by atoms with Crippen molar-refractivity contribution in [2.45, 2.75) is 32.0 Å². The molecule has 1 aromatic carbocycles. The van der Waals surface area contributed by atoms with Crippen molar-refractivity contribution in [3.63, 3.8) is 0 Å². The molecule has 3 aromatic rings. The lowest BCUT2D eigenvalue weighted by molar-refractivity contribution is 0.220. The van der Waals surface area contributed by atoms with Crippen LogP contribution in [0.15, 0.2) is 48.9 Å². The van der Waals surface area contributed by atoms with Crippen LogP contribution in [0, 0.1) is 5.82 Å². The van der Waals surface area contributed by atoms with E-state index in [4.69, 9.17) is 0 Å². The molecule has 1 aliphatic rings. The number of rotatable bonds is 4. The number of hydrogen-bond acceptors (Lipinski definition) is 3. The summed E-state index contributed by atoms with van der Waals surface area (Å²) in [6.07, 6.45) is 7.92. The number of hydrogen-bond donors (Lipinski definition) is 0. The van der Waals surface area contributed by atoms with Crippen LogP contribution in [-0.2, 0) is 13.1 Å². The summed E-state index contributed by atoms with van der Waals surface area (Å²) in [6, 6.07) is 9.43. The average Bonchev–Trinajstić information content (AvgIpc) is 3.23. The van der Waals surface area contributed by atoms with Crippen molar-refractivity contribution in [3.05, 3.63) is 60.3 Å². The average molecular weight is 310 g/mol. The minimum atomic E-state index is -0.202. The smallest absolute Gasteiger partial charge is 0.132 e. The summed E-state index contributed by atoms with van der Waals surface area (Å²) >= 11 is 0. The summed E-state index contributed by atoms with van der Waals surface area (Å²) in [5.41, 5.74) is 1.87. The van der Waals surface area contributed by atoms with Crippen LogP contribution >= 0.6 is 0 Å². The maximum Gasteiger partial charge on any atom is 0.132 e. The molecule has 23 heavy (non-hydrogen) atoms. The molecule has 3 heterocycles. The number of aromatic nitrogens is 3. The van der Waals surface area contributed by atoms with Crippen molar-refractivity contribution >= 4 is 10.9 Å².